The molecule has 1 saturated carbocycles. The normalized spacial score (nSPS) is 24.7. The van der Waals surface area contributed by atoms with Crippen LogP contribution in [0, 0.1) is 5.92 Å². The van der Waals surface area contributed by atoms with Gasteiger partial charge in [-0.25, -0.2) is 4.79 Å². The Kier molecular flexibility index (Phi) is 4.97. The zero-order valence-corrected chi connectivity index (χ0v) is 11.5. The molecule has 0 bridgehead atoms. The van der Waals surface area contributed by atoms with E-state index in [1.807, 2.05) is 30.3 Å². The molecule has 3 unspecified atom stereocenters. The Morgan fingerprint density at radius 3 is 2.79 bits per heavy atom. The number of ether oxygens (including phenoxy) is 1. The summed E-state index contributed by atoms with van der Waals surface area (Å²) < 4.78 is 5.58. The van der Waals surface area contributed by atoms with Crippen molar-refractivity contribution >= 4 is 5.97 Å². The molecule has 0 amide bonds. The fraction of sp³-hybridized carbons (Fsp3) is 0.562. The lowest BCUT2D eigenvalue weighted by molar-refractivity contribution is -0.153. The molecule has 104 valence electrons. The van der Waals surface area contributed by atoms with E-state index in [9.17, 15) is 4.79 Å². The number of esters is 1. The summed E-state index contributed by atoms with van der Waals surface area (Å²) in [6.07, 6.45) is 5.60. The second-order valence-electron chi connectivity index (χ2n) is 5.39. The molecule has 1 fully saturated rings. The highest BCUT2D eigenvalue weighted by molar-refractivity contribution is 5.77. The van der Waals surface area contributed by atoms with Crippen molar-refractivity contribution < 1.29 is 9.53 Å². The van der Waals surface area contributed by atoms with Crippen LogP contribution in [0.2, 0.25) is 0 Å². The van der Waals surface area contributed by atoms with E-state index in [2.05, 4.69) is 6.92 Å². The first-order valence-corrected chi connectivity index (χ1v) is 7.21. The summed E-state index contributed by atoms with van der Waals surface area (Å²) in [5, 5.41) is 0. The van der Waals surface area contributed by atoms with Crippen molar-refractivity contribution in [1.29, 1.82) is 0 Å². The third kappa shape index (κ3) is 3.80. The number of hydrogen-bond donors (Lipinski definition) is 1. The highest BCUT2D eigenvalue weighted by atomic mass is 16.5. The minimum absolute atomic E-state index is 0.0564. The quantitative estimate of drug-likeness (QED) is 0.847. The van der Waals surface area contributed by atoms with Gasteiger partial charge in [-0.2, -0.15) is 0 Å². The number of nitrogens with two attached hydrogens (primary N) is 1. The molecule has 3 nitrogen and oxygen atoms in total. The molecule has 0 radical (unpaired) electrons. The second kappa shape index (κ2) is 6.71. The maximum absolute atomic E-state index is 12.1. The molecule has 3 atom stereocenters. The zero-order chi connectivity index (χ0) is 13.7. The van der Waals surface area contributed by atoms with E-state index in [4.69, 9.17) is 10.5 Å². The number of hydrogen-bond acceptors (Lipinski definition) is 3. The molecule has 0 aliphatic heterocycles. The number of rotatable bonds is 4. The first-order valence-electron chi connectivity index (χ1n) is 7.21. The Morgan fingerprint density at radius 2 is 2.11 bits per heavy atom. The van der Waals surface area contributed by atoms with Crippen molar-refractivity contribution in [2.75, 3.05) is 0 Å². The van der Waals surface area contributed by atoms with Crippen LogP contribution in [0.5, 0.6) is 0 Å². The van der Waals surface area contributed by atoms with Gasteiger partial charge in [0.05, 0.1) is 0 Å². The van der Waals surface area contributed by atoms with Crippen LogP contribution in [0.15, 0.2) is 30.3 Å². The molecule has 1 aliphatic carbocycles. The fourth-order valence-corrected chi connectivity index (χ4v) is 2.75. The fourth-order valence-electron chi connectivity index (χ4n) is 2.75. The Bertz CT molecular complexity index is 404. The Hall–Kier alpha value is -1.35. The van der Waals surface area contributed by atoms with Crippen LogP contribution in [0.4, 0.5) is 0 Å². The van der Waals surface area contributed by atoms with Gasteiger partial charge in [-0.05, 0) is 30.7 Å². The van der Waals surface area contributed by atoms with Gasteiger partial charge in [0, 0.05) is 0 Å². The SMILES string of the molecule is CCC1CCCC(OC(=O)C(N)c2ccccc2)C1. The number of benzene rings is 1. The predicted molar refractivity (Wildman–Crippen MR) is 75.5 cm³/mol. The summed E-state index contributed by atoms with van der Waals surface area (Å²) in [4.78, 5) is 12.1. The Balaban J connectivity index is 1.90. The van der Waals surface area contributed by atoms with Gasteiger partial charge in [-0.1, -0.05) is 50.1 Å². The molecule has 1 aromatic carbocycles. The lowest BCUT2D eigenvalue weighted by atomic mass is 9.85. The van der Waals surface area contributed by atoms with Crippen LogP contribution in [0.3, 0.4) is 0 Å². The molecule has 3 heteroatoms. The number of carbonyl (C=O) groups excluding carboxylic acids is 1. The summed E-state index contributed by atoms with van der Waals surface area (Å²) >= 11 is 0. The molecule has 0 saturated heterocycles. The first-order chi connectivity index (χ1) is 9.20. The van der Waals surface area contributed by atoms with Crippen LogP contribution >= 0.6 is 0 Å². The van der Waals surface area contributed by atoms with Crippen molar-refractivity contribution in [3.63, 3.8) is 0 Å². The third-order valence-corrected chi connectivity index (χ3v) is 4.01. The van der Waals surface area contributed by atoms with Crippen molar-refractivity contribution in [3.05, 3.63) is 35.9 Å². The van der Waals surface area contributed by atoms with Gasteiger partial charge < -0.3 is 10.5 Å². The van der Waals surface area contributed by atoms with E-state index < -0.39 is 6.04 Å². The van der Waals surface area contributed by atoms with Gasteiger partial charge in [0.2, 0.25) is 0 Å². The highest BCUT2D eigenvalue weighted by Crippen LogP contribution is 2.29. The molecule has 0 heterocycles. The highest BCUT2D eigenvalue weighted by Gasteiger charge is 2.26. The van der Waals surface area contributed by atoms with Gasteiger partial charge in [0.15, 0.2) is 0 Å². The topological polar surface area (TPSA) is 52.3 Å². The largest absolute Gasteiger partial charge is 0.461 e. The van der Waals surface area contributed by atoms with Crippen molar-refractivity contribution in [2.24, 2.45) is 11.7 Å². The summed E-state index contributed by atoms with van der Waals surface area (Å²) in [7, 11) is 0. The standard InChI is InChI=1S/C16H23NO2/c1-2-12-7-6-10-14(11-12)19-16(18)15(17)13-8-4-3-5-9-13/h3-5,8-9,12,14-15H,2,6-7,10-11,17H2,1H3. The predicted octanol–water partition coefficient (Wildman–Crippen LogP) is 3.20. The monoisotopic (exact) mass is 261 g/mol. The third-order valence-electron chi connectivity index (χ3n) is 4.01. The molecule has 0 spiro atoms. The van der Waals surface area contributed by atoms with E-state index in [-0.39, 0.29) is 12.1 Å². The van der Waals surface area contributed by atoms with E-state index >= 15 is 0 Å². The summed E-state index contributed by atoms with van der Waals surface area (Å²) in [5.41, 5.74) is 6.76. The van der Waals surface area contributed by atoms with Gasteiger partial charge >= 0.3 is 5.97 Å². The Morgan fingerprint density at radius 1 is 1.37 bits per heavy atom. The van der Waals surface area contributed by atoms with Crippen molar-refractivity contribution in [2.45, 2.75) is 51.2 Å². The molecule has 1 aromatic rings. The van der Waals surface area contributed by atoms with Crippen molar-refractivity contribution in [3.8, 4) is 0 Å². The summed E-state index contributed by atoms with van der Waals surface area (Å²) in [5.74, 6) is 0.396. The molecule has 0 aromatic heterocycles. The molecule has 2 rings (SSSR count). The minimum Gasteiger partial charge on any atom is -0.461 e. The van der Waals surface area contributed by atoms with E-state index in [1.165, 1.54) is 12.8 Å². The molecule has 19 heavy (non-hydrogen) atoms. The average Bonchev–Trinajstić information content (AvgIpc) is 2.47. The lowest BCUT2D eigenvalue weighted by Gasteiger charge is -2.29. The smallest absolute Gasteiger partial charge is 0.327 e. The van der Waals surface area contributed by atoms with Gasteiger partial charge in [0.25, 0.3) is 0 Å². The maximum Gasteiger partial charge on any atom is 0.327 e. The number of carbonyl (C=O) groups is 1. The van der Waals surface area contributed by atoms with Crippen molar-refractivity contribution in [1.82, 2.24) is 0 Å². The lowest BCUT2D eigenvalue weighted by Crippen LogP contribution is -2.31. The summed E-state index contributed by atoms with van der Waals surface area (Å²) in [6, 6.07) is 8.74. The zero-order valence-electron chi connectivity index (χ0n) is 11.5. The molecular formula is C16H23NO2. The summed E-state index contributed by atoms with van der Waals surface area (Å²) in [6.45, 7) is 2.20. The van der Waals surface area contributed by atoms with Crippen LogP contribution in [-0.2, 0) is 9.53 Å². The minimum atomic E-state index is -0.664. The molecular weight excluding hydrogens is 238 g/mol. The van der Waals surface area contributed by atoms with Crippen LogP contribution in [0.1, 0.15) is 50.6 Å². The molecule has 1 aliphatic rings. The second-order valence-corrected chi connectivity index (χ2v) is 5.39. The van der Waals surface area contributed by atoms with E-state index in [0.29, 0.717) is 5.92 Å². The van der Waals surface area contributed by atoms with Gasteiger partial charge in [-0.3, -0.25) is 0 Å². The molecule has 2 N–H and O–H groups in total. The van der Waals surface area contributed by atoms with E-state index in [0.717, 1.165) is 24.8 Å². The van der Waals surface area contributed by atoms with Crippen LogP contribution in [-0.4, -0.2) is 12.1 Å². The Labute approximate surface area is 115 Å². The van der Waals surface area contributed by atoms with Gasteiger partial charge in [0.1, 0.15) is 12.1 Å². The van der Waals surface area contributed by atoms with Crippen LogP contribution < -0.4 is 5.73 Å². The maximum atomic E-state index is 12.1. The van der Waals surface area contributed by atoms with Crippen LogP contribution in [0.25, 0.3) is 0 Å². The first kappa shape index (κ1) is 14.1. The van der Waals surface area contributed by atoms with E-state index in [1.54, 1.807) is 0 Å². The average molecular weight is 261 g/mol. The van der Waals surface area contributed by atoms with Gasteiger partial charge in [-0.15, -0.1) is 0 Å².